The molecule has 0 bridgehead atoms. The fourth-order valence-electron chi connectivity index (χ4n) is 4.13. The number of fused-ring (bicyclic) bond motifs is 1. The highest BCUT2D eigenvalue weighted by Crippen LogP contribution is 2.28. The number of carbonyl (C=O) groups excluding carboxylic acids is 1. The van der Waals surface area contributed by atoms with Gasteiger partial charge in [0, 0.05) is 49.9 Å². The molecule has 0 saturated carbocycles. The lowest BCUT2D eigenvalue weighted by Crippen LogP contribution is -2.44. The fourth-order valence-corrected chi connectivity index (χ4v) is 4.71. The third-order valence-electron chi connectivity index (χ3n) is 6.08. The number of rotatable bonds is 5. The molecular weight excluding hydrogens is 487 g/mol. The van der Waals surface area contributed by atoms with Gasteiger partial charge in [-0.2, -0.15) is 0 Å². The van der Waals surface area contributed by atoms with Crippen LogP contribution in [0.5, 0.6) is 0 Å². The van der Waals surface area contributed by atoms with E-state index in [2.05, 4.69) is 44.3 Å². The number of aromatic nitrogens is 3. The third kappa shape index (κ3) is 4.60. The van der Waals surface area contributed by atoms with E-state index in [0.717, 1.165) is 37.6 Å². The Morgan fingerprint density at radius 2 is 1.69 bits per heavy atom. The molecule has 1 fully saturated rings. The van der Waals surface area contributed by atoms with E-state index in [1.807, 2.05) is 12.1 Å². The third-order valence-corrected chi connectivity index (χ3v) is 6.69. The number of nitrogens with zero attached hydrogens (tertiary/aromatic N) is 5. The summed E-state index contributed by atoms with van der Waals surface area (Å²) in [6, 6.07) is 12.9. The van der Waals surface area contributed by atoms with Crippen molar-refractivity contribution < 1.29 is 4.79 Å². The molecular formula is C25H22Cl2N6O2. The van der Waals surface area contributed by atoms with Crippen LogP contribution in [0.15, 0.2) is 59.7 Å². The van der Waals surface area contributed by atoms with E-state index in [1.54, 1.807) is 18.2 Å². The molecule has 178 valence electrons. The predicted molar refractivity (Wildman–Crippen MR) is 140 cm³/mol. The minimum absolute atomic E-state index is 0.182. The number of pyridine rings is 1. The summed E-state index contributed by atoms with van der Waals surface area (Å²) in [6.45, 7) is 4.05. The maximum Gasteiger partial charge on any atom is 0.266 e. The zero-order valence-electron chi connectivity index (χ0n) is 18.9. The summed E-state index contributed by atoms with van der Waals surface area (Å²) < 4.78 is 1.25. The van der Waals surface area contributed by atoms with Crippen molar-refractivity contribution in [2.45, 2.75) is 0 Å². The standard InChI is InChI=1S/C25H22Cl2N6O2/c1-31-9-11-32(12-10-31)18-7-5-17(6-8-18)29-25-28-13-19-22(30-25)16(15-34)14-33(24(19)35)23-20(26)3-2-4-21(23)27/h2-8,13-15H,9-12H2,1H3,(H,28,29,30). The Morgan fingerprint density at radius 1 is 1.00 bits per heavy atom. The van der Waals surface area contributed by atoms with Crippen LogP contribution in [0.1, 0.15) is 10.4 Å². The maximum atomic E-state index is 13.2. The highest BCUT2D eigenvalue weighted by Gasteiger charge is 2.17. The minimum Gasteiger partial charge on any atom is -0.369 e. The predicted octanol–water partition coefficient (Wildman–Crippen LogP) is 4.40. The Hall–Kier alpha value is -3.46. The highest BCUT2D eigenvalue weighted by atomic mass is 35.5. The highest BCUT2D eigenvalue weighted by molar-refractivity contribution is 6.37. The van der Waals surface area contributed by atoms with Gasteiger partial charge in [-0.05, 0) is 43.4 Å². The van der Waals surface area contributed by atoms with Gasteiger partial charge in [-0.1, -0.05) is 29.3 Å². The van der Waals surface area contributed by atoms with Crippen molar-refractivity contribution in [3.05, 3.63) is 80.8 Å². The maximum absolute atomic E-state index is 13.2. The normalized spacial score (nSPS) is 14.3. The quantitative estimate of drug-likeness (QED) is 0.400. The second-order valence-electron chi connectivity index (χ2n) is 8.37. The van der Waals surface area contributed by atoms with Gasteiger partial charge in [0.2, 0.25) is 5.95 Å². The molecule has 2 aromatic heterocycles. The smallest absolute Gasteiger partial charge is 0.266 e. The molecule has 4 aromatic rings. The zero-order chi connectivity index (χ0) is 24.5. The van der Waals surface area contributed by atoms with Crippen molar-refractivity contribution in [2.24, 2.45) is 0 Å². The van der Waals surface area contributed by atoms with Crippen molar-refractivity contribution >= 4 is 57.7 Å². The molecule has 0 spiro atoms. The summed E-state index contributed by atoms with van der Waals surface area (Å²) in [7, 11) is 2.13. The van der Waals surface area contributed by atoms with E-state index in [-0.39, 0.29) is 32.5 Å². The molecule has 35 heavy (non-hydrogen) atoms. The van der Waals surface area contributed by atoms with Crippen molar-refractivity contribution in [1.29, 1.82) is 0 Å². The van der Waals surface area contributed by atoms with Crippen LogP contribution in [0.2, 0.25) is 10.0 Å². The van der Waals surface area contributed by atoms with Gasteiger partial charge in [0.15, 0.2) is 6.29 Å². The summed E-state index contributed by atoms with van der Waals surface area (Å²) in [6.07, 6.45) is 3.44. The molecule has 0 aliphatic carbocycles. The van der Waals surface area contributed by atoms with Crippen LogP contribution in [0.25, 0.3) is 16.6 Å². The van der Waals surface area contributed by atoms with Gasteiger partial charge >= 0.3 is 0 Å². The van der Waals surface area contributed by atoms with Crippen molar-refractivity contribution in [3.63, 3.8) is 0 Å². The average Bonchev–Trinajstić information content (AvgIpc) is 2.86. The number of hydrogen-bond acceptors (Lipinski definition) is 7. The molecule has 5 rings (SSSR count). The molecule has 2 aromatic carbocycles. The zero-order valence-corrected chi connectivity index (χ0v) is 20.4. The topological polar surface area (TPSA) is 83.4 Å². The Balaban J connectivity index is 1.46. The number of para-hydroxylation sites is 1. The van der Waals surface area contributed by atoms with Crippen LogP contribution in [0, 0.1) is 0 Å². The number of benzene rings is 2. The number of carbonyl (C=O) groups is 1. The van der Waals surface area contributed by atoms with Crippen LogP contribution in [0.4, 0.5) is 17.3 Å². The van der Waals surface area contributed by atoms with Gasteiger partial charge in [-0.3, -0.25) is 14.2 Å². The van der Waals surface area contributed by atoms with Crippen molar-refractivity contribution in [1.82, 2.24) is 19.4 Å². The van der Waals surface area contributed by atoms with E-state index >= 15 is 0 Å². The molecule has 1 aliphatic rings. The van der Waals surface area contributed by atoms with E-state index in [4.69, 9.17) is 23.2 Å². The van der Waals surface area contributed by atoms with Gasteiger partial charge in [0.1, 0.15) is 0 Å². The molecule has 3 heterocycles. The van der Waals surface area contributed by atoms with E-state index in [9.17, 15) is 9.59 Å². The Labute approximate surface area is 211 Å². The fraction of sp³-hybridized carbons (Fsp3) is 0.200. The lowest BCUT2D eigenvalue weighted by molar-refractivity contribution is 0.112. The molecule has 1 aliphatic heterocycles. The van der Waals surface area contributed by atoms with Gasteiger partial charge in [0.05, 0.1) is 32.2 Å². The van der Waals surface area contributed by atoms with Crippen LogP contribution in [-0.4, -0.2) is 58.9 Å². The second-order valence-corrected chi connectivity index (χ2v) is 9.18. The second kappa shape index (κ2) is 9.65. The molecule has 10 heteroatoms. The summed E-state index contributed by atoms with van der Waals surface area (Å²) in [5, 5.41) is 3.91. The van der Waals surface area contributed by atoms with E-state index in [1.165, 1.54) is 17.0 Å². The minimum atomic E-state index is -0.427. The number of aldehydes is 1. The van der Waals surface area contributed by atoms with Crippen LogP contribution in [-0.2, 0) is 0 Å². The number of piperazine rings is 1. The van der Waals surface area contributed by atoms with Crippen molar-refractivity contribution in [3.8, 4) is 5.69 Å². The summed E-state index contributed by atoms with van der Waals surface area (Å²) in [4.78, 5) is 38.5. The Bertz CT molecular complexity index is 1440. The number of anilines is 3. The average molecular weight is 509 g/mol. The van der Waals surface area contributed by atoms with Crippen LogP contribution in [0.3, 0.4) is 0 Å². The Kier molecular flexibility index (Phi) is 6.42. The number of nitrogens with one attached hydrogen (secondary N) is 1. The van der Waals surface area contributed by atoms with Crippen LogP contribution >= 0.6 is 23.2 Å². The molecule has 1 saturated heterocycles. The first kappa shape index (κ1) is 23.3. The monoisotopic (exact) mass is 508 g/mol. The molecule has 1 N–H and O–H groups in total. The first-order chi connectivity index (χ1) is 16.9. The number of halogens is 2. The summed E-state index contributed by atoms with van der Waals surface area (Å²) in [5.74, 6) is 0.279. The summed E-state index contributed by atoms with van der Waals surface area (Å²) in [5.41, 5.74) is 2.29. The largest absolute Gasteiger partial charge is 0.369 e. The number of likely N-dealkylation sites (N-methyl/N-ethyl adjacent to an activating group) is 1. The van der Waals surface area contributed by atoms with Gasteiger partial charge in [-0.15, -0.1) is 0 Å². The molecule has 0 amide bonds. The lowest BCUT2D eigenvalue weighted by atomic mass is 10.2. The lowest BCUT2D eigenvalue weighted by Gasteiger charge is -2.34. The van der Waals surface area contributed by atoms with Crippen LogP contribution < -0.4 is 15.8 Å². The van der Waals surface area contributed by atoms with Gasteiger partial charge in [0.25, 0.3) is 5.56 Å². The summed E-state index contributed by atoms with van der Waals surface area (Å²) >= 11 is 12.6. The molecule has 0 radical (unpaired) electrons. The van der Waals surface area contributed by atoms with Gasteiger partial charge < -0.3 is 15.1 Å². The van der Waals surface area contributed by atoms with Crippen molar-refractivity contribution in [2.75, 3.05) is 43.4 Å². The SMILES string of the molecule is CN1CCN(c2ccc(Nc3ncc4c(=O)n(-c5c(Cl)cccc5Cl)cc(C=O)c4n3)cc2)CC1. The number of hydrogen-bond donors (Lipinski definition) is 1. The molecule has 8 nitrogen and oxygen atoms in total. The van der Waals surface area contributed by atoms with Gasteiger partial charge in [-0.25, -0.2) is 9.97 Å². The van der Waals surface area contributed by atoms with E-state index in [0.29, 0.717) is 12.0 Å². The molecule has 0 unspecified atom stereocenters. The van der Waals surface area contributed by atoms with E-state index < -0.39 is 5.56 Å². The Morgan fingerprint density at radius 3 is 2.34 bits per heavy atom. The molecule has 0 atom stereocenters. The first-order valence-corrected chi connectivity index (χ1v) is 11.8. The first-order valence-electron chi connectivity index (χ1n) is 11.1.